The molecule has 1 aromatic heterocycles. The molecular formula is C17H19ClFN3O2. The van der Waals surface area contributed by atoms with Crippen LogP contribution in [0.1, 0.15) is 33.8 Å². The summed E-state index contributed by atoms with van der Waals surface area (Å²) in [4.78, 5) is 14.5. The molecule has 1 amide bonds. The number of likely N-dealkylation sites (tertiary alicyclic amines) is 1. The van der Waals surface area contributed by atoms with Crippen LogP contribution in [0.15, 0.2) is 22.7 Å². The van der Waals surface area contributed by atoms with Gasteiger partial charge in [0.1, 0.15) is 11.6 Å². The SMILES string of the molecule is Cc1noc(C)c1CN1CC[C@@H](NC(=O)c2cc(Cl)ccc2F)C1. The first-order valence-corrected chi connectivity index (χ1v) is 8.22. The van der Waals surface area contributed by atoms with Crippen LogP contribution in [0.5, 0.6) is 0 Å². The normalized spacial score (nSPS) is 18.1. The van der Waals surface area contributed by atoms with Crippen LogP contribution < -0.4 is 5.32 Å². The largest absolute Gasteiger partial charge is 0.361 e. The van der Waals surface area contributed by atoms with Gasteiger partial charge in [-0.15, -0.1) is 0 Å². The molecule has 0 radical (unpaired) electrons. The first-order chi connectivity index (χ1) is 11.4. The second kappa shape index (κ2) is 6.91. The summed E-state index contributed by atoms with van der Waals surface area (Å²) in [5, 5.41) is 7.18. The molecule has 1 aromatic carbocycles. The molecule has 1 N–H and O–H groups in total. The van der Waals surface area contributed by atoms with Gasteiger partial charge in [0.15, 0.2) is 0 Å². The van der Waals surface area contributed by atoms with Crippen molar-refractivity contribution >= 4 is 17.5 Å². The quantitative estimate of drug-likeness (QED) is 0.919. The van der Waals surface area contributed by atoms with Crippen molar-refractivity contribution < 1.29 is 13.7 Å². The van der Waals surface area contributed by atoms with Crippen molar-refractivity contribution in [3.63, 3.8) is 0 Å². The van der Waals surface area contributed by atoms with Crippen LogP contribution in [0.25, 0.3) is 0 Å². The molecular weight excluding hydrogens is 333 g/mol. The molecule has 1 saturated heterocycles. The zero-order valence-corrected chi connectivity index (χ0v) is 14.4. The van der Waals surface area contributed by atoms with E-state index in [2.05, 4.69) is 15.4 Å². The lowest BCUT2D eigenvalue weighted by atomic mass is 10.1. The van der Waals surface area contributed by atoms with Gasteiger partial charge in [-0.3, -0.25) is 9.69 Å². The number of rotatable bonds is 4. The highest BCUT2D eigenvalue weighted by Crippen LogP contribution is 2.20. The fraction of sp³-hybridized carbons (Fsp3) is 0.412. The maximum absolute atomic E-state index is 13.8. The van der Waals surface area contributed by atoms with Gasteiger partial charge in [-0.25, -0.2) is 4.39 Å². The van der Waals surface area contributed by atoms with Crippen molar-refractivity contribution in [2.75, 3.05) is 13.1 Å². The lowest BCUT2D eigenvalue weighted by molar-refractivity contribution is 0.0933. The summed E-state index contributed by atoms with van der Waals surface area (Å²) in [6, 6.07) is 3.96. The number of nitrogens with one attached hydrogen (secondary N) is 1. The summed E-state index contributed by atoms with van der Waals surface area (Å²) in [5.41, 5.74) is 1.95. The van der Waals surface area contributed by atoms with E-state index in [9.17, 15) is 9.18 Å². The van der Waals surface area contributed by atoms with E-state index in [1.165, 1.54) is 18.2 Å². The molecule has 2 heterocycles. The minimum atomic E-state index is -0.567. The number of benzene rings is 1. The van der Waals surface area contributed by atoms with Crippen LogP contribution >= 0.6 is 11.6 Å². The predicted molar refractivity (Wildman–Crippen MR) is 88.5 cm³/mol. The summed E-state index contributed by atoms with van der Waals surface area (Å²) >= 11 is 5.84. The standard InChI is InChI=1S/C17H19ClFN3O2/c1-10-15(11(2)24-21-10)9-22-6-5-13(8-22)20-17(23)14-7-12(18)3-4-16(14)19/h3-4,7,13H,5-6,8-9H2,1-2H3,(H,20,23)/t13-/m1/s1. The van der Waals surface area contributed by atoms with Gasteiger partial charge in [0, 0.05) is 36.3 Å². The average molecular weight is 352 g/mol. The van der Waals surface area contributed by atoms with Crippen molar-refractivity contribution in [2.45, 2.75) is 32.9 Å². The van der Waals surface area contributed by atoms with Crippen LogP contribution in [0, 0.1) is 19.7 Å². The maximum Gasteiger partial charge on any atom is 0.254 e. The van der Waals surface area contributed by atoms with Crippen molar-refractivity contribution in [1.82, 2.24) is 15.4 Å². The number of hydrogen-bond acceptors (Lipinski definition) is 4. The van der Waals surface area contributed by atoms with Crippen LogP contribution in [0.2, 0.25) is 5.02 Å². The fourth-order valence-corrected chi connectivity index (χ4v) is 3.15. The van der Waals surface area contributed by atoms with E-state index in [-0.39, 0.29) is 11.6 Å². The lowest BCUT2D eigenvalue weighted by Gasteiger charge is -2.16. The third-order valence-corrected chi connectivity index (χ3v) is 4.58. The van der Waals surface area contributed by atoms with E-state index in [0.29, 0.717) is 11.6 Å². The first-order valence-electron chi connectivity index (χ1n) is 7.84. The molecule has 24 heavy (non-hydrogen) atoms. The van der Waals surface area contributed by atoms with Gasteiger partial charge in [-0.1, -0.05) is 16.8 Å². The number of carbonyl (C=O) groups excluding carboxylic acids is 1. The smallest absolute Gasteiger partial charge is 0.254 e. The van der Waals surface area contributed by atoms with Crippen molar-refractivity contribution in [3.05, 3.63) is 51.6 Å². The van der Waals surface area contributed by atoms with Gasteiger partial charge in [-0.2, -0.15) is 0 Å². The third kappa shape index (κ3) is 3.60. The van der Waals surface area contributed by atoms with Crippen molar-refractivity contribution in [2.24, 2.45) is 0 Å². The summed E-state index contributed by atoms with van der Waals surface area (Å²) in [7, 11) is 0. The number of amides is 1. The van der Waals surface area contributed by atoms with Gasteiger partial charge in [-0.05, 0) is 38.5 Å². The molecule has 128 valence electrons. The average Bonchev–Trinajstić information content (AvgIpc) is 3.11. The minimum absolute atomic E-state index is 0.0173. The Hall–Kier alpha value is -1.92. The van der Waals surface area contributed by atoms with Crippen LogP contribution in [0.4, 0.5) is 4.39 Å². The molecule has 0 unspecified atom stereocenters. The van der Waals surface area contributed by atoms with E-state index in [1.807, 2.05) is 13.8 Å². The Morgan fingerprint density at radius 1 is 1.50 bits per heavy atom. The van der Waals surface area contributed by atoms with E-state index < -0.39 is 11.7 Å². The van der Waals surface area contributed by atoms with Gasteiger partial charge in [0.05, 0.1) is 11.3 Å². The van der Waals surface area contributed by atoms with E-state index in [4.69, 9.17) is 16.1 Å². The first kappa shape index (κ1) is 16.9. The Labute approximate surface area is 144 Å². The molecule has 0 spiro atoms. The highest BCUT2D eigenvalue weighted by atomic mass is 35.5. The molecule has 2 aromatic rings. The van der Waals surface area contributed by atoms with Crippen LogP contribution in [0.3, 0.4) is 0 Å². The molecule has 0 aliphatic carbocycles. The predicted octanol–water partition coefficient (Wildman–Crippen LogP) is 3.09. The van der Waals surface area contributed by atoms with Crippen molar-refractivity contribution in [1.29, 1.82) is 0 Å². The fourth-order valence-electron chi connectivity index (χ4n) is 2.98. The van der Waals surface area contributed by atoms with Crippen molar-refractivity contribution in [3.8, 4) is 0 Å². The molecule has 1 fully saturated rings. The third-order valence-electron chi connectivity index (χ3n) is 4.34. The number of aryl methyl sites for hydroxylation is 2. The molecule has 0 bridgehead atoms. The van der Waals surface area contributed by atoms with Gasteiger partial charge >= 0.3 is 0 Å². The second-order valence-electron chi connectivity index (χ2n) is 6.12. The maximum atomic E-state index is 13.8. The molecule has 7 heteroatoms. The molecule has 3 rings (SSSR count). The van der Waals surface area contributed by atoms with Crippen LogP contribution in [-0.4, -0.2) is 35.1 Å². The van der Waals surface area contributed by atoms with E-state index in [0.717, 1.165) is 36.5 Å². The summed E-state index contributed by atoms with van der Waals surface area (Å²) in [6.45, 7) is 6.11. The summed E-state index contributed by atoms with van der Waals surface area (Å²) in [6.07, 6.45) is 0.817. The Kier molecular flexibility index (Phi) is 4.87. The minimum Gasteiger partial charge on any atom is -0.361 e. The van der Waals surface area contributed by atoms with E-state index >= 15 is 0 Å². The Balaban J connectivity index is 1.60. The van der Waals surface area contributed by atoms with Gasteiger partial charge in [0.2, 0.25) is 0 Å². The number of nitrogens with zero attached hydrogens (tertiary/aromatic N) is 2. The number of halogens is 2. The summed E-state index contributed by atoms with van der Waals surface area (Å²) in [5.74, 6) is -0.178. The van der Waals surface area contributed by atoms with Crippen LogP contribution in [-0.2, 0) is 6.54 Å². The number of aromatic nitrogens is 1. The summed E-state index contributed by atoms with van der Waals surface area (Å²) < 4.78 is 18.9. The Bertz CT molecular complexity index is 743. The molecule has 1 aliphatic rings. The zero-order chi connectivity index (χ0) is 17.3. The number of carbonyl (C=O) groups is 1. The van der Waals surface area contributed by atoms with Gasteiger partial charge in [0.25, 0.3) is 5.91 Å². The monoisotopic (exact) mass is 351 g/mol. The number of hydrogen-bond donors (Lipinski definition) is 1. The molecule has 1 atom stereocenters. The molecule has 1 aliphatic heterocycles. The zero-order valence-electron chi connectivity index (χ0n) is 13.6. The van der Waals surface area contributed by atoms with Gasteiger partial charge < -0.3 is 9.84 Å². The lowest BCUT2D eigenvalue weighted by Crippen LogP contribution is -2.37. The second-order valence-corrected chi connectivity index (χ2v) is 6.56. The highest BCUT2D eigenvalue weighted by Gasteiger charge is 2.26. The topological polar surface area (TPSA) is 58.4 Å². The highest BCUT2D eigenvalue weighted by molar-refractivity contribution is 6.31. The molecule has 0 saturated carbocycles. The Morgan fingerprint density at radius 3 is 3.00 bits per heavy atom. The Morgan fingerprint density at radius 2 is 2.29 bits per heavy atom. The molecule has 5 nitrogen and oxygen atoms in total. The van der Waals surface area contributed by atoms with E-state index in [1.54, 1.807) is 0 Å².